The molecule has 2 aromatic carbocycles. The molecule has 0 unspecified atom stereocenters. The van der Waals surface area contributed by atoms with Crippen LogP contribution in [0.2, 0.25) is 0 Å². The van der Waals surface area contributed by atoms with Gasteiger partial charge in [0, 0.05) is 18.3 Å². The lowest BCUT2D eigenvalue weighted by molar-refractivity contribution is -0.121. The molecule has 0 spiro atoms. The van der Waals surface area contributed by atoms with Gasteiger partial charge in [0.2, 0.25) is 15.9 Å². The van der Waals surface area contributed by atoms with Gasteiger partial charge in [-0.25, -0.2) is 17.9 Å². The first kappa shape index (κ1) is 22.3. The molecule has 2 aromatic rings. The van der Waals surface area contributed by atoms with Crippen LogP contribution in [0.25, 0.3) is 0 Å². The third-order valence-corrected chi connectivity index (χ3v) is 7.36. The van der Waals surface area contributed by atoms with Gasteiger partial charge in [-0.2, -0.15) is 0 Å². The lowest BCUT2D eigenvalue weighted by Crippen LogP contribution is -2.57. The van der Waals surface area contributed by atoms with Crippen molar-refractivity contribution in [2.45, 2.75) is 61.5 Å². The van der Waals surface area contributed by atoms with Crippen LogP contribution < -0.4 is 20.7 Å². The maximum atomic E-state index is 13.2. The summed E-state index contributed by atoms with van der Waals surface area (Å²) in [5, 5.41) is 8.49. The highest BCUT2D eigenvalue weighted by Gasteiger charge is 2.42. The topological polar surface area (TPSA) is 116 Å². The lowest BCUT2D eigenvalue weighted by Gasteiger charge is -2.29. The van der Waals surface area contributed by atoms with E-state index in [1.54, 1.807) is 12.1 Å². The van der Waals surface area contributed by atoms with Crippen molar-refractivity contribution in [3.05, 3.63) is 60.2 Å². The molecule has 0 saturated heterocycles. The first-order valence-corrected chi connectivity index (χ1v) is 12.4. The van der Waals surface area contributed by atoms with Crippen LogP contribution in [-0.4, -0.2) is 31.9 Å². The fraction of sp³-hybridized carbons (Fsp3) is 0.391. The van der Waals surface area contributed by atoms with Crippen LogP contribution >= 0.6 is 0 Å². The van der Waals surface area contributed by atoms with Crippen LogP contribution in [0.1, 0.15) is 44.1 Å². The second kappa shape index (κ2) is 9.30. The smallest absolute Gasteiger partial charge is 0.315 e. The van der Waals surface area contributed by atoms with E-state index in [-0.39, 0.29) is 16.8 Å². The predicted molar refractivity (Wildman–Crippen MR) is 121 cm³/mol. The molecule has 4 rings (SSSR count). The zero-order valence-electron chi connectivity index (χ0n) is 17.8. The molecule has 2 aliphatic carbocycles. The normalized spacial score (nSPS) is 17.5. The van der Waals surface area contributed by atoms with E-state index in [2.05, 4.69) is 20.7 Å². The molecule has 2 aliphatic rings. The number of urea groups is 1. The van der Waals surface area contributed by atoms with Crippen molar-refractivity contribution < 1.29 is 18.0 Å². The van der Waals surface area contributed by atoms with Gasteiger partial charge in [-0.05, 0) is 49.4 Å². The summed E-state index contributed by atoms with van der Waals surface area (Å²) in [4.78, 5) is 25.8. The number of hydrogen-bond acceptors (Lipinski definition) is 4. The molecule has 0 aliphatic heterocycles. The Bertz CT molecular complexity index is 1080. The maximum absolute atomic E-state index is 13.2. The van der Waals surface area contributed by atoms with Gasteiger partial charge in [0.25, 0.3) is 0 Å². The number of anilines is 1. The van der Waals surface area contributed by atoms with Gasteiger partial charge in [-0.1, -0.05) is 49.2 Å². The van der Waals surface area contributed by atoms with Crippen molar-refractivity contribution >= 4 is 27.6 Å². The molecule has 0 atom stereocenters. The van der Waals surface area contributed by atoms with Gasteiger partial charge in [-0.15, -0.1) is 0 Å². The molecule has 3 amide bonds. The SMILES string of the molecule is O=C(NCc1ccccc1)NC1(C(=O)Nc2cccc(S(=O)(=O)NC3CC3)c2)CCCC1. The summed E-state index contributed by atoms with van der Waals surface area (Å²) in [5.74, 6) is -0.338. The second-order valence-electron chi connectivity index (χ2n) is 8.46. The molecule has 170 valence electrons. The fourth-order valence-corrected chi connectivity index (χ4v) is 5.26. The minimum absolute atomic E-state index is 0.00129. The Morgan fingerprint density at radius 1 is 0.969 bits per heavy atom. The summed E-state index contributed by atoms with van der Waals surface area (Å²) in [7, 11) is -3.62. The molecule has 9 heteroatoms. The molecular formula is C23H28N4O4S. The maximum Gasteiger partial charge on any atom is 0.315 e. The van der Waals surface area contributed by atoms with E-state index in [0.29, 0.717) is 25.1 Å². The standard InChI is InChI=1S/C23H28N4O4S/c28-21(25-19-9-6-10-20(15-19)32(30,31)27-18-11-12-18)23(13-4-5-14-23)26-22(29)24-16-17-7-2-1-3-8-17/h1-3,6-10,15,18,27H,4-5,11-14,16H2,(H,25,28)(H2,24,26,29). The Balaban J connectivity index is 1.42. The summed E-state index contributed by atoms with van der Waals surface area (Å²) in [5.41, 5.74) is 0.318. The third-order valence-electron chi connectivity index (χ3n) is 5.84. The van der Waals surface area contributed by atoms with Crippen LogP contribution in [0.3, 0.4) is 0 Å². The van der Waals surface area contributed by atoms with Gasteiger partial charge in [0.05, 0.1) is 4.90 Å². The van der Waals surface area contributed by atoms with Crippen LogP contribution in [0.15, 0.2) is 59.5 Å². The van der Waals surface area contributed by atoms with E-state index in [1.807, 2.05) is 30.3 Å². The summed E-state index contributed by atoms with van der Waals surface area (Å²) < 4.78 is 27.6. The minimum atomic E-state index is -3.62. The monoisotopic (exact) mass is 456 g/mol. The number of carbonyl (C=O) groups excluding carboxylic acids is 2. The molecule has 2 saturated carbocycles. The zero-order valence-corrected chi connectivity index (χ0v) is 18.6. The number of nitrogens with one attached hydrogen (secondary N) is 4. The van der Waals surface area contributed by atoms with Crippen LogP contribution in [0.5, 0.6) is 0 Å². The van der Waals surface area contributed by atoms with Gasteiger partial charge < -0.3 is 16.0 Å². The van der Waals surface area contributed by atoms with Crippen molar-refractivity contribution in [3.63, 3.8) is 0 Å². The number of sulfonamides is 1. The van der Waals surface area contributed by atoms with E-state index in [1.165, 1.54) is 12.1 Å². The predicted octanol–water partition coefficient (Wildman–Crippen LogP) is 2.88. The minimum Gasteiger partial charge on any atom is -0.334 e. The largest absolute Gasteiger partial charge is 0.334 e. The summed E-state index contributed by atoms with van der Waals surface area (Å²) in [6, 6.07) is 15.3. The van der Waals surface area contributed by atoms with Gasteiger partial charge in [-0.3, -0.25) is 4.79 Å². The van der Waals surface area contributed by atoms with Crippen molar-refractivity contribution in [2.24, 2.45) is 0 Å². The molecule has 2 fully saturated rings. The van der Waals surface area contributed by atoms with Crippen molar-refractivity contribution in [1.82, 2.24) is 15.4 Å². The molecule has 0 aromatic heterocycles. The summed E-state index contributed by atoms with van der Waals surface area (Å²) >= 11 is 0. The number of amides is 3. The number of benzene rings is 2. The first-order chi connectivity index (χ1) is 15.4. The molecule has 0 heterocycles. The molecule has 32 heavy (non-hydrogen) atoms. The Labute approximate surface area is 188 Å². The lowest BCUT2D eigenvalue weighted by atomic mass is 9.96. The van der Waals surface area contributed by atoms with Crippen molar-refractivity contribution in [2.75, 3.05) is 5.32 Å². The van der Waals surface area contributed by atoms with Gasteiger partial charge >= 0.3 is 6.03 Å². The van der Waals surface area contributed by atoms with E-state index in [0.717, 1.165) is 31.2 Å². The Morgan fingerprint density at radius 3 is 2.38 bits per heavy atom. The van der Waals surface area contributed by atoms with E-state index in [4.69, 9.17) is 0 Å². The van der Waals surface area contributed by atoms with Crippen molar-refractivity contribution in [1.29, 1.82) is 0 Å². The molecule has 8 nitrogen and oxygen atoms in total. The third kappa shape index (κ3) is 5.46. The summed E-state index contributed by atoms with van der Waals surface area (Å²) in [6.07, 6.45) is 4.39. The molecule has 4 N–H and O–H groups in total. The zero-order chi connectivity index (χ0) is 22.6. The van der Waals surface area contributed by atoms with Crippen LogP contribution in [0, 0.1) is 0 Å². The number of rotatable bonds is 8. The summed E-state index contributed by atoms with van der Waals surface area (Å²) in [6.45, 7) is 0.359. The fourth-order valence-electron chi connectivity index (χ4n) is 3.91. The number of hydrogen-bond donors (Lipinski definition) is 4. The highest BCUT2D eigenvalue weighted by Crippen LogP contribution is 2.31. The quantitative estimate of drug-likeness (QED) is 0.489. The van der Waals surface area contributed by atoms with E-state index in [9.17, 15) is 18.0 Å². The van der Waals surface area contributed by atoms with Crippen molar-refractivity contribution in [3.8, 4) is 0 Å². The van der Waals surface area contributed by atoms with Crippen LogP contribution in [-0.2, 0) is 21.4 Å². The Hall–Kier alpha value is -2.91. The van der Waals surface area contributed by atoms with Gasteiger partial charge in [0.15, 0.2) is 0 Å². The Kier molecular flexibility index (Phi) is 6.48. The van der Waals surface area contributed by atoms with Crippen LogP contribution in [0.4, 0.5) is 10.5 Å². The van der Waals surface area contributed by atoms with E-state index < -0.39 is 21.6 Å². The average molecular weight is 457 g/mol. The average Bonchev–Trinajstić information content (AvgIpc) is 3.46. The Morgan fingerprint density at radius 2 is 1.69 bits per heavy atom. The second-order valence-corrected chi connectivity index (χ2v) is 10.2. The molecule has 0 radical (unpaired) electrons. The first-order valence-electron chi connectivity index (χ1n) is 10.9. The highest BCUT2D eigenvalue weighted by molar-refractivity contribution is 7.89. The van der Waals surface area contributed by atoms with E-state index >= 15 is 0 Å². The van der Waals surface area contributed by atoms with Gasteiger partial charge in [0.1, 0.15) is 5.54 Å². The molecular weight excluding hydrogens is 428 g/mol. The number of carbonyl (C=O) groups is 2. The molecule has 0 bridgehead atoms. The highest BCUT2D eigenvalue weighted by atomic mass is 32.2.